The molecule has 0 N–H and O–H groups in total. The van der Waals surface area contributed by atoms with Gasteiger partial charge in [0.05, 0.1) is 0 Å². The molecule has 0 radical (unpaired) electrons. The van der Waals surface area contributed by atoms with Crippen LogP contribution in [0, 0.1) is 34.0 Å². The highest BCUT2D eigenvalue weighted by atomic mass is 31.2. The van der Waals surface area contributed by atoms with Crippen molar-refractivity contribution in [2.45, 2.75) is 41.5 Å². The maximum atomic E-state index is 12.0. The average Bonchev–Trinajstić information content (AvgIpc) is 1.96. The Morgan fingerprint density at radius 1 is 0.800 bits per heavy atom. The summed E-state index contributed by atoms with van der Waals surface area (Å²) in [6.07, 6.45) is 0. The van der Waals surface area contributed by atoms with Crippen LogP contribution >= 0.6 is 7.14 Å². The summed E-state index contributed by atoms with van der Waals surface area (Å²) in [7, 11) is -2.61. The maximum Gasteiger partial charge on any atom is 0.219 e. The van der Waals surface area contributed by atoms with Crippen molar-refractivity contribution in [2.75, 3.05) is 6.66 Å². The van der Waals surface area contributed by atoms with Gasteiger partial charge in [0, 0.05) is 17.5 Å². The van der Waals surface area contributed by atoms with E-state index in [1.807, 2.05) is 41.5 Å². The smallest absolute Gasteiger partial charge is 0.219 e. The third kappa shape index (κ3) is 9.65. The Hall–Kier alpha value is -0.650. The molecule has 0 unspecified atom stereocenters. The van der Waals surface area contributed by atoms with Crippen LogP contribution in [0.1, 0.15) is 41.5 Å². The first kappa shape index (κ1) is 14.3. The molecule has 0 amide bonds. The third-order valence-electron chi connectivity index (χ3n) is 1.29. The number of hydrogen-bond acceptors (Lipinski definition) is 1. The molecule has 0 fully saturated rings. The van der Waals surface area contributed by atoms with E-state index in [-0.39, 0.29) is 10.8 Å². The lowest BCUT2D eigenvalue weighted by molar-refractivity contribution is 0.568. The SMILES string of the molecule is CC(C)(C)C#CP(C)(=O)C#CC(C)(C)C. The van der Waals surface area contributed by atoms with E-state index in [1.54, 1.807) is 6.66 Å². The van der Waals surface area contributed by atoms with Crippen molar-refractivity contribution in [1.82, 2.24) is 0 Å². The van der Waals surface area contributed by atoms with Crippen LogP contribution in [0.3, 0.4) is 0 Å². The van der Waals surface area contributed by atoms with E-state index in [9.17, 15) is 4.57 Å². The minimum atomic E-state index is -2.61. The summed E-state index contributed by atoms with van der Waals surface area (Å²) in [6, 6.07) is 0. The molecule has 2 heteroatoms. The lowest BCUT2D eigenvalue weighted by atomic mass is 9.99. The summed E-state index contributed by atoms with van der Waals surface area (Å²) in [5, 5.41) is 0. The lowest BCUT2D eigenvalue weighted by Gasteiger charge is -2.09. The van der Waals surface area contributed by atoms with Crippen molar-refractivity contribution in [3.63, 3.8) is 0 Å². The molecular weight excluding hydrogens is 203 g/mol. The summed E-state index contributed by atoms with van der Waals surface area (Å²) in [5.74, 6) is 5.97. The van der Waals surface area contributed by atoms with Crippen LogP contribution in [-0.4, -0.2) is 6.66 Å². The number of rotatable bonds is 0. The zero-order valence-electron chi connectivity index (χ0n) is 10.9. The highest BCUT2D eigenvalue weighted by Gasteiger charge is 2.11. The van der Waals surface area contributed by atoms with E-state index in [1.165, 1.54) is 0 Å². The Kier molecular flexibility index (Phi) is 4.27. The van der Waals surface area contributed by atoms with Gasteiger partial charge in [0.15, 0.2) is 0 Å². The van der Waals surface area contributed by atoms with Crippen molar-refractivity contribution in [3.05, 3.63) is 0 Å². The molecule has 0 aliphatic carbocycles. The molecule has 0 aromatic carbocycles. The summed E-state index contributed by atoms with van der Waals surface area (Å²) in [4.78, 5) is 0. The van der Waals surface area contributed by atoms with Gasteiger partial charge in [0.1, 0.15) is 0 Å². The van der Waals surface area contributed by atoms with Gasteiger partial charge in [-0.05, 0) is 52.9 Å². The fraction of sp³-hybridized carbons (Fsp3) is 0.692. The molecule has 0 rings (SSSR count). The highest BCUT2D eigenvalue weighted by molar-refractivity contribution is 7.73. The third-order valence-corrected chi connectivity index (χ3v) is 2.37. The Bertz CT molecular complexity index is 347. The Labute approximate surface area is 94.4 Å². The first-order valence-corrected chi connectivity index (χ1v) is 7.23. The second-order valence-electron chi connectivity index (χ2n) is 5.90. The molecule has 0 atom stereocenters. The van der Waals surface area contributed by atoms with Crippen LogP contribution in [-0.2, 0) is 4.57 Å². The molecule has 0 aliphatic heterocycles. The first-order chi connectivity index (χ1) is 6.41. The second kappa shape index (κ2) is 4.47. The molecule has 0 heterocycles. The van der Waals surface area contributed by atoms with Crippen molar-refractivity contribution in [1.29, 1.82) is 0 Å². The quantitative estimate of drug-likeness (QED) is 0.449. The zero-order chi connectivity index (χ0) is 12.3. The molecular formula is C13H21OP. The second-order valence-corrected chi connectivity index (χ2v) is 8.19. The molecule has 0 aliphatic rings. The van der Waals surface area contributed by atoms with Crippen molar-refractivity contribution >= 4 is 7.14 Å². The van der Waals surface area contributed by atoms with Crippen LogP contribution in [0.15, 0.2) is 0 Å². The molecule has 84 valence electrons. The van der Waals surface area contributed by atoms with Gasteiger partial charge >= 0.3 is 0 Å². The van der Waals surface area contributed by atoms with Crippen LogP contribution in [0.4, 0.5) is 0 Å². The van der Waals surface area contributed by atoms with Crippen molar-refractivity contribution < 1.29 is 4.57 Å². The molecule has 0 saturated carbocycles. The Balaban J connectivity index is 4.92. The molecule has 0 aromatic rings. The van der Waals surface area contributed by atoms with Gasteiger partial charge in [-0.15, -0.1) is 0 Å². The van der Waals surface area contributed by atoms with Crippen LogP contribution in [0.25, 0.3) is 0 Å². The molecule has 0 spiro atoms. The van der Waals surface area contributed by atoms with Gasteiger partial charge in [0.2, 0.25) is 7.14 Å². The predicted octanol–water partition coefficient (Wildman–Crippen LogP) is 3.99. The normalized spacial score (nSPS) is 12.2. The van der Waals surface area contributed by atoms with Gasteiger partial charge < -0.3 is 0 Å². The molecule has 0 saturated heterocycles. The van der Waals surface area contributed by atoms with Crippen LogP contribution in [0.2, 0.25) is 0 Å². The van der Waals surface area contributed by atoms with Crippen molar-refractivity contribution in [2.24, 2.45) is 10.8 Å². The minimum Gasteiger partial charge on any atom is -0.296 e. The number of hydrogen-bond donors (Lipinski definition) is 0. The maximum absolute atomic E-state index is 12.0. The van der Waals surface area contributed by atoms with Gasteiger partial charge in [-0.25, -0.2) is 0 Å². The topological polar surface area (TPSA) is 17.1 Å². The Morgan fingerprint density at radius 2 is 1.07 bits per heavy atom. The van der Waals surface area contributed by atoms with Crippen LogP contribution in [0.5, 0.6) is 0 Å². The summed E-state index contributed by atoms with van der Waals surface area (Å²) >= 11 is 0. The molecule has 1 nitrogen and oxygen atoms in total. The van der Waals surface area contributed by atoms with E-state index in [2.05, 4.69) is 23.2 Å². The minimum absolute atomic E-state index is 0.116. The average molecular weight is 224 g/mol. The highest BCUT2D eigenvalue weighted by Crippen LogP contribution is 2.39. The fourth-order valence-corrected chi connectivity index (χ4v) is 1.73. The largest absolute Gasteiger partial charge is 0.296 e. The van der Waals surface area contributed by atoms with E-state index in [4.69, 9.17) is 0 Å². The molecule has 15 heavy (non-hydrogen) atoms. The fourth-order valence-electron chi connectivity index (χ4n) is 0.577. The van der Waals surface area contributed by atoms with Gasteiger partial charge in [-0.1, -0.05) is 11.8 Å². The zero-order valence-corrected chi connectivity index (χ0v) is 11.7. The van der Waals surface area contributed by atoms with Crippen molar-refractivity contribution in [3.8, 4) is 23.2 Å². The summed E-state index contributed by atoms with van der Waals surface area (Å²) in [5.41, 5.74) is 5.37. The lowest BCUT2D eigenvalue weighted by Crippen LogP contribution is -2.00. The first-order valence-electron chi connectivity index (χ1n) is 5.08. The molecule has 0 aromatic heterocycles. The predicted molar refractivity (Wildman–Crippen MR) is 68.0 cm³/mol. The van der Waals surface area contributed by atoms with Gasteiger partial charge in [-0.2, -0.15) is 0 Å². The van der Waals surface area contributed by atoms with E-state index >= 15 is 0 Å². The molecule has 0 bridgehead atoms. The van der Waals surface area contributed by atoms with E-state index < -0.39 is 7.14 Å². The Morgan fingerprint density at radius 3 is 1.27 bits per heavy atom. The monoisotopic (exact) mass is 224 g/mol. The summed E-state index contributed by atoms with van der Waals surface area (Å²) in [6.45, 7) is 13.6. The summed E-state index contributed by atoms with van der Waals surface area (Å²) < 4.78 is 12.0. The van der Waals surface area contributed by atoms with E-state index in [0.717, 1.165) is 0 Å². The van der Waals surface area contributed by atoms with Crippen LogP contribution < -0.4 is 0 Å². The van der Waals surface area contributed by atoms with Gasteiger partial charge in [0.25, 0.3) is 0 Å². The van der Waals surface area contributed by atoms with E-state index in [0.29, 0.717) is 0 Å². The van der Waals surface area contributed by atoms with Gasteiger partial charge in [-0.3, -0.25) is 4.57 Å². The standard InChI is InChI=1S/C13H21OP/c1-12(2,3)8-10-15(7,14)11-9-13(4,5)6/h1-7H3.